The number of fused-ring (bicyclic) bond motifs is 2. The molecular weight excluding hydrogens is 380 g/mol. The van der Waals surface area contributed by atoms with E-state index in [1.807, 2.05) is 12.1 Å². The third-order valence-electron chi connectivity index (χ3n) is 4.38. The molecule has 0 fully saturated rings. The van der Waals surface area contributed by atoms with Crippen LogP contribution in [0, 0.1) is 0 Å². The highest BCUT2D eigenvalue weighted by Crippen LogP contribution is 2.41. The van der Waals surface area contributed by atoms with Crippen molar-refractivity contribution < 1.29 is 23.2 Å². The van der Waals surface area contributed by atoms with Gasteiger partial charge in [0.1, 0.15) is 27.8 Å². The molecule has 0 atom stereocenters. The summed E-state index contributed by atoms with van der Waals surface area (Å²) < 4.78 is 32.7. The quantitative estimate of drug-likeness (QED) is 0.331. The van der Waals surface area contributed by atoms with Gasteiger partial charge in [-0.1, -0.05) is 42.5 Å². The molecule has 0 saturated heterocycles. The van der Waals surface area contributed by atoms with Gasteiger partial charge >= 0.3 is 0 Å². The molecule has 0 bridgehead atoms. The number of rotatable bonds is 3. The van der Waals surface area contributed by atoms with Crippen molar-refractivity contribution in [3.8, 4) is 11.5 Å². The maximum Gasteiger partial charge on any atom is 0.295 e. The van der Waals surface area contributed by atoms with Crippen molar-refractivity contribution in [3.05, 3.63) is 66.7 Å². The topological polar surface area (TPSA) is 120 Å². The third kappa shape index (κ3) is 3.04. The Hall–Kier alpha value is -3.49. The predicted octanol–water partition coefficient (Wildman–Crippen LogP) is 5.07. The van der Waals surface area contributed by atoms with Crippen molar-refractivity contribution in [2.24, 2.45) is 10.2 Å². The first-order valence-corrected chi connectivity index (χ1v) is 9.65. The number of aromatic hydroxyl groups is 2. The van der Waals surface area contributed by atoms with Gasteiger partial charge in [0.25, 0.3) is 10.1 Å². The number of azo groups is 1. The molecule has 7 nitrogen and oxygen atoms in total. The average Bonchev–Trinajstić information content (AvgIpc) is 2.67. The van der Waals surface area contributed by atoms with Crippen LogP contribution < -0.4 is 0 Å². The van der Waals surface area contributed by atoms with Crippen LogP contribution in [0.5, 0.6) is 11.5 Å². The molecule has 0 aliphatic carbocycles. The molecule has 0 radical (unpaired) electrons. The summed E-state index contributed by atoms with van der Waals surface area (Å²) in [5.41, 5.74) is 0.246. The lowest BCUT2D eigenvalue weighted by molar-refractivity contribution is 0.474. The monoisotopic (exact) mass is 394 g/mol. The lowest BCUT2D eigenvalue weighted by Crippen LogP contribution is -1.98. The second-order valence-electron chi connectivity index (χ2n) is 6.11. The molecular formula is C20H14N2O5S. The molecule has 8 heteroatoms. The van der Waals surface area contributed by atoms with E-state index in [0.717, 1.165) is 5.39 Å². The molecule has 0 aromatic heterocycles. The smallest absolute Gasteiger partial charge is 0.295 e. The summed E-state index contributed by atoms with van der Waals surface area (Å²) in [5, 5.41) is 30.6. The lowest BCUT2D eigenvalue weighted by Gasteiger charge is -2.08. The van der Waals surface area contributed by atoms with E-state index in [9.17, 15) is 23.2 Å². The van der Waals surface area contributed by atoms with Crippen LogP contribution in [0.4, 0.5) is 11.4 Å². The number of hydrogen-bond donors (Lipinski definition) is 3. The third-order valence-corrected chi connectivity index (χ3v) is 5.29. The van der Waals surface area contributed by atoms with Gasteiger partial charge in [0.2, 0.25) is 0 Å². The summed E-state index contributed by atoms with van der Waals surface area (Å²) in [7, 11) is -4.46. The molecule has 0 aliphatic heterocycles. The Morgan fingerprint density at radius 1 is 0.643 bits per heavy atom. The molecule has 0 amide bonds. The van der Waals surface area contributed by atoms with E-state index in [2.05, 4.69) is 10.2 Å². The maximum atomic E-state index is 11.6. The van der Waals surface area contributed by atoms with Gasteiger partial charge in [0.15, 0.2) is 0 Å². The Bertz CT molecular complexity index is 1360. The number of hydrogen-bond acceptors (Lipinski definition) is 6. The summed E-state index contributed by atoms with van der Waals surface area (Å²) in [6, 6.07) is 17.4. The van der Waals surface area contributed by atoms with Crippen LogP contribution in [0.15, 0.2) is 81.9 Å². The largest absolute Gasteiger partial charge is 0.506 e. The van der Waals surface area contributed by atoms with Crippen LogP contribution in [0.2, 0.25) is 0 Å². The van der Waals surface area contributed by atoms with Crippen molar-refractivity contribution in [2.75, 3.05) is 0 Å². The van der Waals surface area contributed by atoms with E-state index >= 15 is 0 Å². The lowest BCUT2D eigenvalue weighted by atomic mass is 10.1. The van der Waals surface area contributed by atoms with Crippen LogP contribution >= 0.6 is 0 Å². The zero-order valence-electron chi connectivity index (χ0n) is 14.3. The molecule has 0 aliphatic rings. The number of phenolic OH excluding ortho intramolecular Hbond substituents is 2. The molecule has 28 heavy (non-hydrogen) atoms. The van der Waals surface area contributed by atoms with E-state index in [0.29, 0.717) is 10.8 Å². The second-order valence-corrected chi connectivity index (χ2v) is 7.50. The summed E-state index contributed by atoms with van der Waals surface area (Å²) in [4.78, 5) is -0.297. The molecule has 0 saturated carbocycles. The van der Waals surface area contributed by atoms with Crippen molar-refractivity contribution >= 4 is 43.0 Å². The van der Waals surface area contributed by atoms with Gasteiger partial charge < -0.3 is 10.2 Å². The first-order valence-electron chi connectivity index (χ1n) is 8.21. The number of phenols is 2. The molecule has 4 rings (SSSR count). The first kappa shape index (κ1) is 17.9. The van der Waals surface area contributed by atoms with Gasteiger partial charge in [0, 0.05) is 16.2 Å². The van der Waals surface area contributed by atoms with E-state index in [1.165, 1.54) is 30.3 Å². The van der Waals surface area contributed by atoms with Gasteiger partial charge in [0.05, 0.1) is 0 Å². The van der Waals surface area contributed by atoms with Crippen molar-refractivity contribution in [2.45, 2.75) is 4.90 Å². The minimum atomic E-state index is -4.46. The second kappa shape index (κ2) is 6.59. The fraction of sp³-hybridized carbons (Fsp3) is 0. The Morgan fingerprint density at radius 3 is 1.96 bits per heavy atom. The van der Waals surface area contributed by atoms with E-state index in [1.54, 1.807) is 24.3 Å². The van der Waals surface area contributed by atoms with E-state index in [-0.39, 0.29) is 33.2 Å². The first-order chi connectivity index (χ1) is 13.4. The Labute approximate surface area is 160 Å². The normalized spacial score (nSPS) is 12.2. The van der Waals surface area contributed by atoms with Crippen LogP contribution in [0.3, 0.4) is 0 Å². The van der Waals surface area contributed by atoms with Gasteiger partial charge in [-0.2, -0.15) is 8.42 Å². The fourth-order valence-electron chi connectivity index (χ4n) is 3.08. The van der Waals surface area contributed by atoms with Crippen molar-refractivity contribution in [1.29, 1.82) is 0 Å². The van der Waals surface area contributed by atoms with Crippen LogP contribution in [-0.2, 0) is 10.1 Å². The zero-order chi connectivity index (χ0) is 19.9. The minimum absolute atomic E-state index is 0.0235. The minimum Gasteiger partial charge on any atom is -0.506 e. The van der Waals surface area contributed by atoms with Gasteiger partial charge in [-0.25, -0.2) is 0 Å². The van der Waals surface area contributed by atoms with Gasteiger partial charge in [-0.05, 0) is 29.7 Å². The highest BCUT2D eigenvalue weighted by Gasteiger charge is 2.17. The summed E-state index contributed by atoms with van der Waals surface area (Å²) in [6.45, 7) is 0. The van der Waals surface area contributed by atoms with Crippen molar-refractivity contribution in [3.63, 3.8) is 0 Å². The molecule has 0 spiro atoms. The Kier molecular flexibility index (Phi) is 4.21. The summed E-state index contributed by atoms with van der Waals surface area (Å²) in [5.74, 6) is -0.302. The number of benzene rings is 4. The molecule has 0 heterocycles. The molecule has 3 N–H and O–H groups in total. The average molecular weight is 394 g/mol. The Balaban J connectivity index is 1.94. The maximum absolute atomic E-state index is 11.6. The highest BCUT2D eigenvalue weighted by atomic mass is 32.2. The van der Waals surface area contributed by atoms with Crippen LogP contribution in [0.1, 0.15) is 0 Å². The highest BCUT2D eigenvalue weighted by molar-refractivity contribution is 7.86. The molecule has 4 aromatic carbocycles. The van der Waals surface area contributed by atoms with Crippen LogP contribution in [0.25, 0.3) is 21.5 Å². The van der Waals surface area contributed by atoms with Gasteiger partial charge in [-0.15, -0.1) is 10.2 Å². The Morgan fingerprint density at radius 2 is 1.25 bits per heavy atom. The standard InChI is InChI=1S/C20H14N2O5S/c23-16-10-8-12-4-1-2-5-13(12)19(16)21-22-20-15-6-3-7-18(28(25,26)27)14(15)9-11-17(20)24/h1-11,23-24H,(H,25,26,27). The SMILES string of the molecule is O=S(=O)(O)c1cccc2c(N=Nc3c(O)ccc4ccccc34)c(O)ccc12. The van der Waals surface area contributed by atoms with Gasteiger partial charge in [-0.3, -0.25) is 4.55 Å². The zero-order valence-corrected chi connectivity index (χ0v) is 15.1. The fourth-order valence-corrected chi connectivity index (χ4v) is 3.79. The van der Waals surface area contributed by atoms with E-state index in [4.69, 9.17) is 0 Å². The molecule has 4 aromatic rings. The van der Waals surface area contributed by atoms with E-state index < -0.39 is 10.1 Å². The van der Waals surface area contributed by atoms with Crippen molar-refractivity contribution in [1.82, 2.24) is 0 Å². The summed E-state index contributed by atoms with van der Waals surface area (Å²) in [6.07, 6.45) is 0. The van der Waals surface area contributed by atoms with Crippen LogP contribution in [-0.4, -0.2) is 23.2 Å². The number of nitrogens with zero attached hydrogens (tertiary/aromatic N) is 2. The summed E-state index contributed by atoms with van der Waals surface area (Å²) >= 11 is 0. The molecule has 0 unspecified atom stereocenters. The molecule has 140 valence electrons. The predicted molar refractivity (Wildman–Crippen MR) is 105 cm³/mol.